The van der Waals surface area contributed by atoms with Crippen LogP contribution in [0.2, 0.25) is 0 Å². The molecule has 6 nitrogen and oxygen atoms in total. The lowest BCUT2D eigenvalue weighted by Gasteiger charge is -2.30. The number of carboxylic acids is 1. The van der Waals surface area contributed by atoms with Crippen LogP contribution in [0.25, 0.3) is 0 Å². The largest absolute Gasteiger partial charge is 0.493 e. The van der Waals surface area contributed by atoms with Gasteiger partial charge in [0.2, 0.25) is 5.75 Å². The van der Waals surface area contributed by atoms with Crippen LogP contribution in [0.5, 0.6) is 17.2 Å². The minimum atomic E-state index is -0.834. The Labute approximate surface area is 127 Å². The van der Waals surface area contributed by atoms with Gasteiger partial charge in [0.05, 0.1) is 26.7 Å². The normalized spacial score (nSPS) is 21.7. The lowest BCUT2D eigenvalue weighted by molar-refractivity contribution is -0.139. The number of thioether (sulfide) groups is 1. The monoisotopic (exact) mass is 313 g/mol. The Bertz CT molecular complexity index is 522. The maximum Gasteiger partial charge on any atom is 0.320 e. The molecule has 2 atom stereocenters. The van der Waals surface area contributed by atoms with E-state index in [0.29, 0.717) is 23.7 Å². The number of hydrogen-bond acceptors (Lipinski definition) is 6. The number of hydrogen-bond donors (Lipinski definition) is 2. The first kappa shape index (κ1) is 15.8. The van der Waals surface area contributed by atoms with Gasteiger partial charge in [-0.25, -0.2) is 0 Å². The Kier molecular flexibility index (Phi) is 5.19. The van der Waals surface area contributed by atoms with Gasteiger partial charge in [-0.2, -0.15) is 0 Å². The fourth-order valence-electron chi connectivity index (χ4n) is 2.32. The number of benzene rings is 1. The van der Waals surface area contributed by atoms with Crippen LogP contribution >= 0.6 is 11.8 Å². The Morgan fingerprint density at radius 1 is 1.24 bits per heavy atom. The van der Waals surface area contributed by atoms with Crippen LogP contribution in [0.3, 0.4) is 0 Å². The number of carbonyl (C=O) groups is 1. The summed E-state index contributed by atoms with van der Waals surface area (Å²) < 4.78 is 16.1. The highest BCUT2D eigenvalue weighted by molar-refractivity contribution is 7.99. The van der Waals surface area contributed by atoms with Crippen molar-refractivity contribution in [2.24, 2.45) is 0 Å². The summed E-state index contributed by atoms with van der Waals surface area (Å²) in [4.78, 5) is 11.2. The number of ether oxygens (including phenoxy) is 3. The van der Waals surface area contributed by atoms with E-state index in [1.54, 1.807) is 39.2 Å². The quantitative estimate of drug-likeness (QED) is 0.859. The molecule has 0 radical (unpaired) electrons. The summed E-state index contributed by atoms with van der Waals surface area (Å²) in [5, 5.41) is 12.1. The highest BCUT2D eigenvalue weighted by Gasteiger charge is 2.30. The van der Waals surface area contributed by atoms with Crippen molar-refractivity contribution >= 4 is 17.7 Å². The second kappa shape index (κ2) is 6.91. The summed E-state index contributed by atoms with van der Waals surface area (Å²) in [7, 11) is 4.67. The zero-order valence-corrected chi connectivity index (χ0v) is 13.0. The zero-order chi connectivity index (χ0) is 15.4. The van der Waals surface area contributed by atoms with Crippen LogP contribution in [0, 0.1) is 0 Å². The smallest absolute Gasteiger partial charge is 0.320 e. The van der Waals surface area contributed by atoms with Crippen molar-refractivity contribution < 1.29 is 24.1 Å². The average Bonchev–Trinajstić information content (AvgIpc) is 2.53. The molecule has 1 aliphatic rings. The van der Waals surface area contributed by atoms with Crippen molar-refractivity contribution in [1.82, 2.24) is 5.32 Å². The molecule has 1 aliphatic heterocycles. The van der Waals surface area contributed by atoms with Crippen molar-refractivity contribution in [2.75, 3.05) is 27.1 Å². The van der Waals surface area contributed by atoms with Crippen molar-refractivity contribution in [3.63, 3.8) is 0 Å². The molecule has 1 aromatic rings. The van der Waals surface area contributed by atoms with Crippen LogP contribution in [0.1, 0.15) is 17.4 Å². The van der Waals surface area contributed by atoms with Crippen LogP contribution < -0.4 is 19.5 Å². The minimum absolute atomic E-state index is 0.158. The third-order valence-corrected chi connectivity index (χ3v) is 4.55. The third kappa shape index (κ3) is 3.19. The van der Waals surface area contributed by atoms with Crippen LogP contribution in [-0.2, 0) is 4.79 Å². The SMILES string of the molecule is COc1ccc(C2NC(C(=O)O)CCS2)c(OC)c1OC. The summed E-state index contributed by atoms with van der Waals surface area (Å²) >= 11 is 1.65. The molecule has 21 heavy (non-hydrogen) atoms. The van der Waals surface area contributed by atoms with E-state index in [0.717, 1.165) is 11.3 Å². The molecule has 7 heteroatoms. The van der Waals surface area contributed by atoms with Crippen molar-refractivity contribution in [3.8, 4) is 17.2 Å². The van der Waals surface area contributed by atoms with Gasteiger partial charge in [0.15, 0.2) is 11.5 Å². The standard InChI is InChI=1S/C14H19NO5S/c1-18-10-5-4-8(11(19-2)12(10)20-3)13-15-9(14(16)17)6-7-21-13/h4-5,9,13,15H,6-7H2,1-3H3,(H,16,17). The maximum absolute atomic E-state index is 11.2. The first-order valence-electron chi connectivity index (χ1n) is 6.51. The van der Waals surface area contributed by atoms with E-state index in [4.69, 9.17) is 19.3 Å². The maximum atomic E-state index is 11.2. The fraction of sp³-hybridized carbons (Fsp3) is 0.500. The van der Waals surface area contributed by atoms with Gasteiger partial charge in [0.1, 0.15) is 6.04 Å². The van der Waals surface area contributed by atoms with Crippen molar-refractivity contribution in [3.05, 3.63) is 17.7 Å². The molecule has 1 heterocycles. The van der Waals surface area contributed by atoms with E-state index in [2.05, 4.69) is 5.32 Å². The van der Waals surface area contributed by atoms with Gasteiger partial charge in [0, 0.05) is 5.56 Å². The summed E-state index contributed by atoms with van der Waals surface area (Å²) in [6.07, 6.45) is 0.603. The number of rotatable bonds is 5. The van der Waals surface area contributed by atoms with E-state index in [1.165, 1.54) is 0 Å². The highest BCUT2D eigenvalue weighted by Crippen LogP contribution is 2.45. The molecule has 116 valence electrons. The first-order chi connectivity index (χ1) is 10.1. The lowest BCUT2D eigenvalue weighted by atomic mass is 10.1. The number of nitrogens with one attached hydrogen (secondary N) is 1. The highest BCUT2D eigenvalue weighted by atomic mass is 32.2. The lowest BCUT2D eigenvalue weighted by Crippen LogP contribution is -2.41. The second-order valence-electron chi connectivity index (χ2n) is 4.52. The van der Waals surface area contributed by atoms with Gasteiger partial charge in [0.25, 0.3) is 0 Å². The number of carboxylic acid groups (broad SMARTS) is 1. The molecular weight excluding hydrogens is 294 g/mol. The minimum Gasteiger partial charge on any atom is -0.493 e. The molecule has 1 aromatic carbocycles. The molecule has 0 bridgehead atoms. The predicted molar refractivity (Wildman–Crippen MR) is 80.5 cm³/mol. The van der Waals surface area contributed by atoms with E-state index in [1.807, 2.05) is 6.07 Å². The predicted octanol–water partition coefficient (Wildman–Crippen LogP) is 1.89. The molecule has 2 N–H and O–H groups in total. The van der Waals surface area contributed by atoms with Gasteiger partial charge >= 0.3 is 5.97 Å². The summed E-state index contributed by atoms with van der Waals surface area (Å²) in [5.74, 6) is 1.59. The Morgan fingerprint density at radius 3 is 2.52 bits per heavy atom. The molecule has 0 aromatic heterocycles. The number of aliphatic carboxylic acids is 1. The molecule has 2 rings (SSSR count). The van der Waals surface area contributed by atoms with E-state index in [9.17, 15) is 4.79 Å². The molecule has 1 saturated heterocycles. The Hall–Kier alpha value is -1.60. The molecule has 0 aliphatic carbocycles. The van der Waals surface area contributed by atoms with Crippen LogP contribution in [0.4, 0.5) is 0 Å². The molecular formula is C14H19NO5S. The van der Waals surface area contributed by atoms with E-state index in [-0.39, 0.29) is 5.37 Å². The van der Waals surface area contributed by atoms with E-state index >= 15 is 0 Å². The van der Waals surface area contributed by atoms with Crippen molar-refractivity contribution in [1.29, 1.82) is 0 Å². The molecule has 0 spiro atoms. The molecule has 2 unspecified atom stereocenters. The van der Waals surface area contributed by atoms with Gasteiger partial charge < -0.3 is 19.3 Å². The van der Waals surface area contributed by atoms with Crippen LogP contribution in [0.15, 0.2) is 12.1 Å². The van der Waals surface area contributed by atoms with Gasteiger partial charge in [-0.3, -0.25) is 10.1 Å². The van der Waals surface area contributed by atoms with Gasteiger partial charge in [-0.1, -0.05) is 0 Å². The second-order valence-corrected chi connectivity index (χ2v) is 5.73. The third-order valence-electron chi connectivity index (χ3n) is 3.36. The van der Waals surface area contributed by atoms with Gasteiger partial charge in [-0.05, 0) is 24.3 Å². The summed E-state index contributed by atoms with van der Waals surface area (Å²) in [6.45, 7) is 0. The first-order valence-corrected chi connectivity index (χ1v) is 7.56. The number of methoxy groups -OCH3 is 3. The van der Waals surface area contributed by atoms with Crippen molar-refractivity contribution in [2.45, 2.75) is 17.8 Å². The fourth-order valence-corrected chi connectivity index (χ4v) is 3.56. The summed E-state index contributed by atoms with van der Waals surface area (Å²) in [6, 6.07) is 3.12. The molecule has 1 fully saturated rings. The Morgan fingerprint density at radius 2 is 1.95 bits per heavy atom. The molecule has 0 saturated carbocycles. The van der Waals surface area contributed by atoms with Crippen LogP contribution in [-0.4, -0.2) is 44.2 Å². The zero-order valence-electron chi connectivity index (χ0n) is 12.2. The molecule has 0 amide bonds. The van der Waals surface area contributed by atoms with Gasteiger partial charge in [-0.15, -0.1) is 11.8 Å². The summed E-state index contributed by atoms with van der Waals surface area (Å²) in [5.41, 5.74) is 0.853. The topological polar surface area (TPSA) is 77.0 Å². The Balaban J connectivity index is 2.36. The average molecular weight is 313 g/mol. The van der Waals surface area contributed by atoms with E-state index < -0.39 is 12.0 Å².